The number of cyclic esters (lactones) is 1. The minimum Gasteiger partial charge on any atom is -0.447 e. The maximum absolute atomic E-state index is 10.6. The molecule has 64 valence electrons. The third-order valence-corrected chi connectivity index (χ3v) is 1.63. The van der Waals surface area contributed by atoms with Crippen molar-refractivity contribution in [2.75, 3.05) is 6.61 Å². The fourth-order valence-corrected chi connectivity index (χ4v) is 1.02. The number of alkyl carbamates (subject to hydrolysis) is 1. The quantitative estimate of drug-likeness (QED) is 0.579. The Bertz CT molecular complexity index is 258. The van der Waals surface area contributed by atoms with Crippen molar-refractivity contribution in [1.29, 1.82) is 0 Å². The Kier molecular flexibility index (Phi) is 1.62. The van der Waals surface area contributed by atoms with Crippen LogP contribution >= 0.6 is 0 Å². The summed E-state index contributed by atoms with van der Waals surface area (Å²) in [4.78, 5) is 19.7. The summed E-state index contributed by atoms with van der Waals surface area (Å²) in [5.74, 6) is 0. The number of carbonyl (C=O) groups is 1. The number of amides is 1. The number of hydrogen-bond acceptors (Lipinski definition) is 4. The predicted octanol–water partition coefficient (Wildman–Crippen LogP) is 0.454. The van der Waals surface area contributed by atoms with Crippen LogP contribution < -0.4 is 5.32 Å². The van der Waals surface area contributed by atoms with Crippen molar-refractivity contribution in [3.8, 4) is 0 Å². The van der Waals surface area contributed by atoms with Gasteiger partial charge in [-0.15, -0.1) is 0 Å². The van der Waals surface area contributed by atoms with Gasteiger partial charge in [0.05, 0.1) is 6.04 Å². The highest BCUT2D eigenvalue weighted by Crippen LogP contribution is 2.13. The molecular weight excluding hydrogens is 162 g/mol. The molecule has 1 amide bonds. The second-order valence-electron chi connectivity index (χ2n) is 2.41. The average Bonchev–Trinajstić information content (AvgIpc) is 2.54. The van der Waals surface area contributed by atoms with E-state index in [1.807, 2.05) is 0 Å². The molecule has 0 radical (unpaired) electrons. The molecule has 12 heavy (non-hydrogen) atoms. The van der Waals surface area contributed by atoms with E-state index in [-0.39, 0.29) is 6.04 Å². The topological polar surface area (TPSA) is 56.8 Å². The second kappa shape index (κ2) is 2.77. The minimum absolute atomic E-state index is 0.127. The Morgan fingerprint density at radius 2 is 2.42 bits per heavy atom. The molecule has 0 spiro atoms. The van der Waals surface area contributed by atoms with Gasteiger partial charge >= 0.3 is 6.09 Å². The third kappa shape index (κ3) is 1.20. The van der Waals surface area contributed by atoms with E-state index in [2.05, 4.69) is 15.1 Å². The van der Waals surface area contributed by atoms with Crippen LogP contribution in [0.15, 0.2) is 24.2 Å². The fourth-order valence-electron chi connectivity index (χ4n) is 1.02. The summed E-state index contributed by atoms with van der Waals surface area (Å²) in [5, 5.41) is 2.61. The maximum atomic E-state index is 10.6. The third-order valence-electron chi connectivity index (χ3n) is 1.63. The van der Waals surface area contributed by atoms with Crippen LogP contribution in [0.2, 0.25) is 0 Å². The minimum atomic E-state index is -0.402. The monoisotopic (exact) mass is 169 g/mol. The molecule has 2 aliphatic heterocycles. The van der Waals surface area contributed by atoms with Crippen LogP contribution in [0.4, 0.5) is 4.79 Å². The van der Waals surface area contributed by atoms with E-state index in [0.717, 1.165) is 5.57 Å². The highest BCUT2D eigenvalue weighted by molar-refractivity contribution is 5.70. The van der Waals surface area contributed by atoms with E-state index in [1.54, 1.807) is 6.08 Å². The van der Waals surface area contributed by atoms with Crippen LogP contribution in [-0.2, 0) is 14.5 Å². The molecule has 0 aliphatic carbocycles. The van der Waals surface area contributed by atoms with Crippen molar-refractivity contribution in [2.45, 2.75) is 6.04 Å². The molecule has 0 bridgehead atoms. The van der Waals surface area contributed by atoms with Crippen molar-refractivity contribution in [1.82, 2.24) is 5.32 Å². The highest BCUT2D eigenvalue weighted by Gasteiger charge is 2.25. The predicted molar refractivity (Wildman–Crippen MR) is 37.7 cm³/mol. The first-order valence-electron chi connectivity index (χ1n) is 3.48. The molecule has 0 aromatic rings. The number of carbonyl (C=O) groups excluding carboxylic acids is 1. The lowest BCUT2D eigenvalue weighted by Crippen LogP contribution is -2.28. The van der Waals surface area contributed by atoms with Crippen LogP contribution in [0.3, 0.4) is 0 Å². The van der Waals surface area contributed by atoms with Crippen LogP contribution in [0, 0.1) is 0 Å². The standard InChI is InChI=1S/C7H7NO4/c9-7-8-6(4-10-7)5-1-2-11-12-3-5/h1-3,6H,4H2,(H,8,9). The molecule has 0 aromatic carbocycles. The Labute approximate surface area is 68.5 Å². The summed E-state index contributed by atoms with van der Waals surface area (Å²) >= 11 is 0. The summed E-state index contributed by atoms with van der Waals surface area (Å²) < 4.78 is 4.70. The number of hydrogen-bond donors (Lipinski definition) is 1. The SMILES string of the molecule is O=C1NC(C2=COOC=C2)CO1. The smallest absolute Gasteiger partial charge is 0.407 e. The number of nitrogens with one attached hydrogen (secondary N) is 1. The van der Waals surface area contributed by atoms with E-state index < -0.39 is 6.09 Å². The van der Waals surface area contributed by atoms with E-state index in [4.69, 9.17) is 4.74 Å². The van der Waals surface area contributed by atoms with Gasteiger partial charge in [0.1, 0.15) is 19.1 Å². The maximum Gasteiger partial charge on any atom is 0.407 e. The van der Waals surface area contributed by atoms with Gasteiger partial charge in [-0.3, -0.25) is 9.78 Å². The average molecular weight is 169 g/mol. The van der Waals surface area contributed by atoms with Gasteiger partial charge in [-0.2, -0.15) is 0 Å². The fraction of sp³-hybridized carbons (Fsp3) is 0.286. The van der Waals surface area contributed by atoms with Crippen molar-refractivity contribution >= 4 is 6.09 Å². The van der Waals surface area contributed by atoms with E-state index in [0.29, 0.717) is 6.61 Å². The van der Waals surface area contributed by atoms with Crippen LogP contribution in [-0.4, -0.2) is 18.7 Å². The van der Waals surface area contributed by atoms with Gasteiger partial charge in [0.25, 0.3) is 0 Å². The van der Waals surface area contributed by atoms with Crippen molar-refractivity contribution in [3.05, 3.63) is 24.2 Å². The summed E-state index contributed by atoms with van der Waals surface area (Å²) in [7, 11) is 0. The lowest BCUT2D eigenvalue weighted by Gasteiger charge is -2.10. The first-order chi connectivity index (χ1) is 5.86. The molecule has 0 saturated carbocycles. The first kappa shape index (κ1) is 7.02. The van der Waals surface area contributed by atoms with Crippen molar-refractivity contribution in [3.63, 3.8) is 0 Å². The molecule has 1 unspecified atom stereocenters. The van der Waals surface area contributed by atoms with Gasteiger partial charge in [-0.05, 0) is 6.08 Å². The Balaban J connectivity index is 2.05. The number of rotatable bonds is 1. The van der Waals surface area contributed by atoms with Gasteiger partial charge in [0.15, 0.2) is 0 Å². The molecule has 2 heterocycles. The van der Waals surface area contributed by atoms with E-state index in [1.165, 1.54) is 12.5 Å². The molecule has 2 rings (SSSR count). The summed E-state index contributed by atoms with van der Waals surface area (Å²) in [6.07, 6.45) is 4.14. The van der Waals surface area contributed by atoms with Crippen molar-refractivity contribution in [2.24, 2.45) is 0 Å². The Morgan fingerprint density at radius 3 is 3.00 bits per heavy atom. The van der Waals surface area contributed by atoms with Gasteiger partial charge < -0.3 is 10.1 Å². The van der Waals surface area contributed by atoms with Crippen LogP contribution in [0.5, 0.6) is 0 Å². The first-order valence-corrected chi connectivity index (χ1v) is 3.48. The molecule has 2 aliphatic rings. The molecule has 1 N–H and O–H groups in total. The summed E-state index contributed by atoms with van der Waals surface area (Å²) in [6, 6.07) is -0.127. The van der Waals surface area contributed by atoms with Crippen LogP contribution in [0.1, 0.15) is 0 Å². The Morgan fingerprint density at radius 1 is 1.50 bits per heavy atom. The lowest BCUT2D eigenvalue weighted by atomic mass is 10.1. The summed E-state index contributed by atoms with van der Waals surface area (Å²) in [5.41, 5.74) is 0.826. The van der Waals surface area contributed by atoms with E-state index >= 15 is 0 Å². The molecule has 1 saturated heterocycles. The number of ether oxygens (including phenoxy) is 1. The molecular formula is C7H7NO4. The normalized spacial score (nSPS) is 26.5. The van der Waals surface area contributed by atoms with Gasteiger partial charge in [-0.1, -0.05) is 0 Å². The zero-order valence-corrected chi connectivity index (χ0v) is 6.15. The van der Waals surface area contributed by atoms with Gasteiger partial charge in [0, 0.05) is 5.57 Å². The molecule has 1 atom stereocenters. The van der Waals surface area contributed by atoms with Gasteiger partial charge in [0.2, 0.25) is 0 Å². The lowest BCUT2D eigenvalue weighted by molar-refractivity contribution is -0.199. The molecule has 1 fully saturated rings. The molecule has 5 nitrogen and oxygen atoms in total. The largest absolute Gasteiger partial charge is 0.447 e. The zero-order chi connectivity index (χ0) is 8.39. The second-order valence-corrected chi connectivity index (χ2v) is 2.41. The van der Waals surface area contributed by atoms with E-state index in [9.17, 15) is 4.79 Å². The summed E-state index contributed by atoms with van der Waals surface area (Å²) in [6.45, 7) is 0.332. The van der Waals surface area contributed by atoms with Gasteiger partial charge in [-0.25, -0.2) is 4.79 Å². The molecule has 5 heteroatoms. The molecule has 0 aromatic heterocycles. The van der Waals surface area contributed by atoms with Crippen molar-refractivity contribution < 1.29 is 19.3 Å². The zero-order valence-electron chi connectivity index (χ0n) is 6.15. The van der Waals surface area contributed by atoms with Crippen LogP contribution in [0.25, 0.3) is 0 Å². The highest BCUT2D eigenvalue weighted by atomic mass is 17.2. The Hall–Kier alpha value is -1.65.